The summed E-state index contributed by atoms with van der Waals surface area (Å²) >= 11 is 5.60. The normalized spacial score (nSPS) is 10.3. The Balaban J connectivity index is 2.50. The third-order valence-electron chi connectivity index (χ3n) is 2.05. The van der Waals surface area contributed by atoms with E-state index in [4.69, 9.17) is 11.6 Å². The van der Waals surface area contributed by atoms with Gasteiger partial charge in [-0.05, 0) is 18.2 Å². The van der Waals surface area contributed by atoms with Crippen LogP contribution in [0.3, 0.4) is 0 Å². The van der Waals surface area contributed by atoms with Crippen molar-refractivity contribution in [2.75, 3.05) is 12.4 Å². The predicted molar refractivity (Wildman–Crippen MR) is 58.1 cm³/mol. The lowest BCUT2D eigenvalue weighted by Crippen LogP contribution is -2.00. The van der Waals surface area contributed by atoms with Crippen molar-refractivity contribution in [3.8, 4) is 5.69 Å². The van der Waals surface area contributed by atoms with E-state index in [1.165, 1.54) is 12.1 Å². The average Bonchev–Trinajstić information content (AvgIpc) is 2.70. The zero-order valence-corrected chi connectivity index (χ0v) is 8.79. The second-order valence-electron chi connectivity index (χ2n) is 2.97. The topological polar surface area (TPSA) is 29.9 Å². The van der Waals surface area contributed by atoms with Crippen LogP contribution in [0.25, 0.3) is 5.69 Å². The smallest absolute Gasteiger partial charge is 0.207 e. The summed E-state index contributed by atoms with van der Waals surface area (Å²) in [6.07, 6.45) is 3.38. The lowest BCUT2D eigenvalue weighted by Gasteiger charge is -2.07. The summed E-state index contributed by atoms with van der Waals surface area (Å²) in [6, 6.07) is 4.62. The largest absolute Gasteiger partial charge is 0.358 e. The highest BCUT2D eigenvalue weighted by Crippen LogP contribution is 2.20. The molecule has 1 heterocycles. The van der Waals surface area contributed by atoms with Gasteiger partial charge < -0.3 is 5.32 Å². The van der Waals surface area contributed by atoms with E-state index in [-0.39, 0.29) is 5.02 Å². The SMILES string of the molecule is CNc1nccn1-c1ccc(Cl)c(F)c1. The molecule has 0 spiro atoms. The number of halogens is 2. The van der Waals surface area contributed by atoms with Gasteiger partial charge in [0.15, 0.2) is 0 Å². The predicted octanol–water partition coefficient (Wildman–Crippen LogP) is 2.71. The molecule has 2 aromatic rings. The summed E-state index contributed by atoms with van der Waals surface area (Å²) < 4.78 is 15.0. The van der Waals surface area contributed by atoms with Gasteiger partial charge in [-0.15, -0.1) is 0 Å². The number of aromatic nitrogens is 2. The van der Waals surface area contributed by atoms with Gasteiger partial charge in [-0.25, -0.2) is 9.37 Å². The highest BCUT2D eigenvalue weighted by atomic mass is 35.5. The molecule has 0 unspecified atom stereocenters. The van der Waals surface area contributed by atoms with Crippen LogP contribution < -0.4 is 5.32 Å². The Morgan fingerprint density at radius 3 is 2.93 bits per heavy atom. The molecule has 1 aromatic heterocycles. The van der Waals surface area contributed by atoms with Crippen LogP contribution in [-0.2, 0) is 0 Å². The van der Waals surface area contributed by atoms with E-state index < -0.39 is 5.82 Å². The highest BCUT2D eigenvalue weighted by Gasteiger charge is 2.05. The van der Waals surface area contributed by atoms with Crippen molar-refractivity contribution in [3.63, 3.8) is 0 Å². The molecule has 0 saturated carbocycles. The van der Waals surface area contributed by atoms with Crippen molar-refractivity contribution >= 4 is 17.5 Å². The summed E-state index contributed by atoms with van der Waals surface area (Å²) in [5.74, 6) is 0.210. The molecule has 15 heavy (non-hydrogen) atoms. The Bertz CT molecular complexity index is 481. The molecule has 0 atom stereocenters. The van der Waals surface area contributed by atoms with Gasteiger partial charge in [-0.3, -0.25) is 4.57 Å². The minimum atomic E-state index is -0.440. The van der Waals surface area contributed by atoms with E-state index in [9.17, 15) is 4.39 Å². The fraction of sp³-hybridized carbons (Fsp3) is 0.100. The number of hydrogen-bond donors (Lipinski definition) is 1. The van der Waals surface area contributed by atoms with E-state index in [0.717, 1.165) is 0 Å². The van der Waals surface area contributed by atoms with Gasteiger partial charge in [0.2, 0.25) is 5.95 Å². The number of nitrogens with one attached hydrogen (secondary N) is 1. The Labute approximate surface area is 91.5 Å². The molecular formula is C10H9ClFN3. The maximum absolute atomic E-state index is 13.2. The molecule has 78 valence electrons. The molecule has 0 aliphatic rings. The molecule has 2 rings (SSSR count). The quantitative estimate of drug-likeness (QED) is 0.852. The second-order valence-corrected chi connectivity index (χ2v) is 3.38. The third kappa shape index (κ3) is 1.80. The fourth-order valence-electron chi connectivity index (χ4n) is 1.33. The van der Waals surface area contributed by atoms with Gasteiger partial charge >= 0.3 is 0 Å². The van der Waals surface area contributed by atoms with E-state index in [1.807, 2.05) is 0 Å². The van der Waals surface area contributed by atoms with Crippen molar-refractivity contribution in [3.05, 3.63) is 41.4 Å². The van der Waals surface area contributed by atoms with Crippen LogP contribution in [0.2, 0.25) is 5.02 Å². The molecule has 0 fully saturated rings. The number of anilines is 1. The van der Waals surface area contributed by atoms with Crippen molar-refractivity contribution < 1.29 is 4.39 Å². The molecule has 0 saturated heterocycles. The maximum Gasteiger partial charge on any atom is 0.207 e. The van der Waals surface area contributed by atoms with E-state index in [1.54, 1.807) is 30.1 Å². The molecule has 1 N–H and O–H groups in total. The summed E-state index contributed by atoms with van der Waals surface area (Å²) in [5, 5.41) is 3.02. The van der Waals surface area contributed by atoms with E-state index >= 15 is 0 Å². The van der Waals surface area contributed by atoms with E-state index in [2.05, 4.69) is 10.3 Å². The van der Waals surface area contributed by atoms with Crippen LogP contribution in [0.5, 0.6) is 0 Å². The number of hydrogen-bond acceptors (Lipinski definition) is 2. The van der Waals surface area contributed by atoms with Gasteiger partial charge in [0.1, 0.15) is 5.82 Å². The number of nitrogens with zero attached hydrogens (tertiary/aromatic N) is 2. The number of rotatable bonds is 2. The standard InChI is InChI=1S/C10H9ClFN3/c1-13-10-14-4-5-15(10)7-2-3-8(11)9(12)6-7/h2-6H,1H3,(H,13,14). The van der Waals surface area contributed by atoms with Crippen molar-refractivity contribution in [2.24, 2.45) is 0 Å². The van der Waals surface area contributed by atoms with Crippen LogP contribution in [0.15, 0.2) is 30.6 Å². The summed E-state index contributed by atoms with van der Waals surface area (Å²) in [4.78, 5) is 4.06. The zero-order chi connectivity index (χ0) is 10.8. The molecular weight excluding hydrogens is 217 g/mol. The van der Waals surface area contributed by atoms with Gasteiger partial charge in [0, 0.05) is 19.4 Å². The molecule has 0 aliphatic heterocycles. The van der Waals surface area contributed by atoms with Crippen molar-refractivity contribution in [2.45, 2.75) is 0 Å². The lowest BCUT2D eigenvalue weighted by molar-refractivity contribution is 0.627. The molecule has 0 amide bonds. The summed E-state index contributed by atoms with van der Waals surface area (Å²) in [6.45, 7) is 0. The highest BCUT2D eigenvalue weighted by molar-refractivity contribution is 6.30. The summed E-state index contributed by atoms with van der Waals surface area (Å²) in [5.41, 5.74) is 0.679. The molecule has 0 radical (unpaired) electrons. The molecule has 0 aliphatic carbocycles. The number of benzene rings is 1. The van der Waals surface area contributed by atoms with Crippen molar-refractivity contribution in [1.82, 2.24) is 9.55 Å². The maximum atomic E-state index is 13.2. The summed E-state index contributed by atoms with van der Waals surface area (Å²) in [7, 11) is 1.76. The second kappa shape index (κ2) is 3.90. The molecule has 0 bridgehead atoms. The van der Waals surface area contributed by atoms with Crippen LogP contribution >= 0.6 is 11.6 Å². The van der Waals surface area contributed by atoms with Crippen LogP contribution in [-0.4, -0.2) is 16.6 Å². The van der Waals surface area contributed by atoms with Gasteiger partial charge in [0.05, 0.1) is 10.7 Å². The van der Waals surface area contributed by atoms with Crippen molar-refractivity contribution in [1.29, 1.82) is 0 Å². The first-order valence-corrected chi connectivity index (χ1v) is 4.76. The van der Waals surface area contributed by atoms with E-state index in [0.29, 0.717) is 11.6 Å². The lowest BCUT2D eigenvalue weighted by atomic mass is 10.3. The van der Waals surface area contributed by atoms with Crippen LogP contribution in [0.1, 0.15) is 0 Å². The van der Waals surface area contributed by atoms with Gasteiger partial charge in [-0.1, -0.05) is 11.6 Å². The Morgan fingerprint density at radius 2 is 2.27 bits per heavy atom. The minimum Gasteiger partial charge on any atom is -0.358 e. The fourth-order valence-corrected chi connectivity index (χ4v) is 1.45. The molecule has 1 aromatic carbocycles. The van der Waals surface area contributed by atoms with Crippen LogP contribution in [0, 0.1) is 5.82 Å². The first kappa shape index (κ1) is 9.98. The Kier molecular flexibility index (Phi) is 2.60. The first-order chi connectivity index (χ1) is 7.22. The zero-order valence-electron chi connectivity index (χ0n) is 8.04. The number of imidazole rings is 1. The minimum absolute atomic E-state index is 0.116. The van der Waals surface area contributed by atoms with Gasteiger partial charge in [0.25, 0.3) is 0 Å². The monoisotopic (exact) mass is 225 g/mol. The average molecular weight is 226 g/mol. The van der Waals surface area contributed by atoms with Gasteiger partial charge in [-0.2, -0.15) is 0 Å². The first-order valence-electron chi connectivity index (χ1n) is 4.39. The Hall–Kier alpha value is -1.55. The van der Waals surface area contributed by atoms with Crippen LogP contribution in [0.4, 0.5) is 10.3 Å². The molecule has 3 nitrogen and oxygen atoms in total. The molecule has 5 heteroatoms. The Morgan fingerprint density at radius 1 is 1.47 bits per heavy atom. The third-order valence-corrected chi connectivity index (χ3v) is 2.35.